The second kappa shape index (κ2) is 7.82. The molecule has 2 aromatic rings. The molecule has 0 aromatic heterocycles. The first-order valence-corrected chi connectivity index (χ1v) is 7.26. The van der Waals surface area contributed by atoms with E-state index in [9.17, 15) is 4.79 Å². The molecule has 0 aliphatic heterocycles. The summed E-state index contributed by atoms with van der Waals surface area (Å²) in [5.41, 5.74) is 4.15. The van der Waals surface area contributed by atoms with Crippen molar-refractivity contribution in [3.05, 3.63) is 63.6 Å². The van der Waals surface area contributed by atoms with E-state index in [2.05, 4.69) is 10.5 Å². The zero-order chi connectivity index (χ0) is 15.9. The lowest BCUT2D eigenvalue weighted by molar-refractivity contribution is -0.123. The minimum Gasteiger partial charge on any atom is -0.484 e. The fourth-order valence-electron chi connectivity index (χ4n) is 1.60. The number of rotatable bonds is 5. The van der Waals surface area contributed by atoms with Crippen molar-refractivity contribution in [2.75, 3.05) is 6.61 Å². The van der Waals surface area contributed by atoms with E-state index in [1.54, 1.807) is 30.3 Å². The van der Waals surface area contributed by atoms with E-state index in [1.807, 2.05) is 19.1 Å². The molecular formula is C16H14Cl2N2O2. The molecule has 0 bridgehead atoms. The van der Waals surface area contributed by atoms with Gasteiger partial charge in [-0.25, -0.2) is 5.43 Å². The third-order valence-electron chi connectivity index (χ3n) is 2.75. The Hall–Kier alpha value is -2.04. The minimum atomic E-state index is -0.359. The first kappa shape index (κ1) is 16.3. The molecule has 114 valence electrons. The molecule has 4 nitrogen and oxygen atoms in total. The molecule has 0 radical (unpaired) electrons. The van der Waals surface area contributed by atoms with E-state index in [0.717, 1.165) is 5.56 Å². The number of hydrazone groups is 1. The molecule has 0 atom stereocenters. The topological polar surface area (TPSA) is 50.7 Å². The Bertz CT molecular complexity index is 685. The summed E-state index contributed by atoms with van der Waals surface area (Å²) in [5, 5.41) is 4.83. The van der Waals surface area contributed by atoms with Crippen LogP contribution in [0.15, 0.2) is 47.6 Å². The van der Waals surface area contributed by atoms with Gasteiger partial charge < -0.3 is 4.74 Å². The number of aryl methyl sites for hydroxylation is 1. The Balaban J connectivity index is 1.82. The molecule has 0 aliphatic rings. The molecule has 0 fully saturated rings. The molecule has 1 N–H and O–H groups in total. The van der Waals surface area contributed by atoms with Crippen molar-refractivity contribution in [1.82, 2.24) is 5.43 Å². The van der Waals surface area contributed by atoms with Gasteiger partial charge in [0.2, 0.25) is 0 Å². The third kappa shape index (κ3) is 5.06. The zero-order valence-electron chi connectivity index (χ0n) is 11.8. The van der Waals surface area contributed by atoms with E-state index in [1.165, 1.54) is 6.21 Å². The van der Waals surface area contributed by atoms with E-state index < -0.39 is 0 Å². The number of benzene rings is 2. The molecule has 0 spiro atoms. The molecule has 0 aliphatic carbocycles. The van der Waals surface area contributed by atoms with Gasteiger partial charge in [0.25, 0.3) is 5.91 Å². The number of carbonyl (C=O) groups is 1. The van der Waals surface area contributed by atoms with Gasteiger partial charge in [-0.15, -0.1) is 0 Å². The van der Waals surface area contributed by atoms with Gasteiger partial charge in [0, 0.05) is 10.6 Å². The molecule has 1 amide bonds. The second-order valence-electron chi connectivity index (χ2n) is 4.56. The van der Waals surface area contributed by atoms with Crippen LogP contribution in [0.3, 0.4) is 0 Å². The van der Waals surface area contributed by atoms with Gasteiger partial charge in [0.05, 0.1) is 11.2 Å². The normalized spacial score (nSPS) is 10.7. The molecular weight excluding hydrogens is 323 g/mol. The molecule has 22 heavy (non-hydrogen) atoms. The van der Waals surface area contributed by atoms with Crippen LogP contribution in [0.2, 0.25) is 10.0 Å². The van der Waals surface area contributed by atoms with E-state index in [0.29, 0.717) is 21.4 Å². The van der Waals surface area contributed by atoms with Crippen molar-refractivity contribution in [2.24, 2.45) is 5.10 Å². The van der Waals surface area contributed by atoms with Crippen molar-refractivity contribution < 1.29 is 9.53 Å². The summed E-state index contributed by atoms with van der Waals surface area (Å²) in [5.74, 6) is 0.271. The fraction of sp³-hybridized carbons (Fsp3) is 0.125. The van der Waals surface area contributed by atoms with Crippen LogP contribution in [0.4, 0.5) is 0 Å². The van der Waals surface area contributed by atoms with E-state index >= 15 is 0 Å². The number of nitrogens with zero attached hydrogens (tertiary/aromatic N) is 1. The molecule has 0 saturated carbocycles. The van der Waals surface area contributed by atoms with Crippen LogP contribution < -0.4 is 10.2 Å². The highest BCUT2D eigenvalue weighted by Crippen LogP contribution is 2.19. The summed E-state index contributed by atoms with van der Waals surface area (Å²) in [4.78, 5) is 11.6. The lowest BCUT2D eigenvalue weighted by Gasteiger charge is -2.05. The summed E-state index contributed by atoms with van der Waals surface area (Å²) >= 11 is 11.8. The summed E-state index contributed by atoms with van der Waals surface area (Å²) < 4.78 is 5.34. The maximum atomic E-state index is 11.6. The Kier molecular flexibility index (Phi) is 5.81. The van der Waals surface area contributed by atoms with Crippen LogP contribution in [0.25, 0.3) is 0 Å². The van der Waals surface area contributed by atoms with Crippen molar-refractivity contribution in [1.29, 1.82) is 0 Å². The summed E-state index contributed by atoms with van der Waals surface area (Å²) in [6, 6.07) is 12.4. The number of hydrogen-bond donors (Lipinski definition) is 1. The van der Waals surface area contributed by atoms with Gasteiger partial charge in [-0.1, -0.05) is 47.0 Å². The third-order valence-corrected chi connectivity index (χ3v) is 3.31. The number of nitrogens with one attached hydrogen (secondary N) is 1. The Labute approximate surface area is 138 Å². The number of carbonyl (C=O) groups excluding carboxylic acids is 1. The monoisotopic (exact) mass is 336 g/mol. The van der Waals surface area contributed by atoms with Crippen LogP contribution in [-0.4, -0.2) is 18.7 Å². The van der Waals surface area contributed by atoms with Gasteiger partial charge >= 0.3 is 0 Å². The van der Waals surface area contributed by atoms with Gasteiger partial charge in [-0.05, 0) is 31.2 Å². The lowest BCUT2D eigenvalue weighted by Crippen LogP contribution is -2.24. The Morgan fingerprint density at radius 3 is 2.64 bits per heavy atom. The predicted octanol–water partition coefficient (Wildman–Crippen LogP) is 3.83. The molecule has 6 heteroatoms. The minimum absolute atomic E-state index is 0.116. The average Bonchev–Trinajstić information content (AvgIpc) is 2.49. The van der Waals surface area contributed by atoms with Crippen LogP contribution >= 0.6 is 23.2 Å². The molecule has 0 unspecified atom stereocenters. The van der Waals surface area contributed by atoms with E-state index in [4.69, 9.17) is 27.9 Å². The maximum absolute atomic E-state index is 11.6. The average molecular weight is 337 g/mol. The number of ether oxygens (including phenoxy) is 1. The SMILES string of the molecule is Cc1ccc(OCC(=O)N/N=C/c2ccc(Cl)cc2Cl)cc1. The maximum Gasteiger partial charge on any atom is 0.277 e. The quantitative estimate of drug-likeness (QED) is 0.666. The van der Waals surface area contributed by atoms with Crippen LogP contribution in [-0.2, 0) is 4.79 Å². The number of amides is 1. The van der Waals surface area contributed by atoms with Crippen molar-refractivity contribution >= 4 is 35.3 Å². The standard InChI is InChI=1S/C16H14Cl2N2O2/c1-11-2-6-14(7-3-11)22-10-16(21)20-19-9-12-4-5-13(17)8-15(12)18/h2-9H,10H2,1H3,(H,20,21)/b19-9+. The van der Waals surface area contributed by atoms with Crippen molar-refractivity contribution in [3.8, 4) is 5.75 Å². The van der Waals surface area contributed by atoms with Gasteiger partial charge in [-0.3, -0.25) is 4.79 Å². The Morgan fingerprint density at radius 1 is 1.23 bits per heavy atom. The van der Waals surface area contributed by atoms with Crippen LogP contribution in [0, 0.1) is 6.92 Å². The van der Waals surface area contributed by atoms with Crippen LogP contribution in [0.5, 0.6) is 5.75 Å². The largest absolute Gasteiger partial charge is 0.484 e. The molecule has 2 aromatic carbocycles. The second-order valence-corrected chi connectivity index (χ2v) is 5.40. The van der Waals surface area contributed by atoms with E-state index in [-0.39, 0.29) is 12.5 Å². The molecule has 0 heterocycles. The summed E-state index contributed by atoms with van der Waals surface area (Å²) in [6.45, 7) is 1.86. The highest BCUT2D eigenvalue weighted by Gasteiger charge is 2.02. The fourth-order valence-corrected chi connectivity index (χ4v) is 2.05. The number of hydrogen-bond acceptors (Lipinski definition) is 3. The van der Waals surface area contributed by atoms with Crippen LogP contribution in [0.1, 0.15) is 11.1 Å². The summed E-state index contributed by atoms with van der Waals surface area (Å²) in [6.07, 6.45) is 1.45. The Morgan fingerprint density at radius 2 is 1.95 bits per heavy atom. The van der Waals surface area contributed by atoms with Gasteiger partial charge in [0.15, 0.2) is 6.61 Å². The van der Waals surface area contributed by atoms with Crippen molar-refractivity contribution in [3.63, 3.8) is 0 Å². The zero-order valence-corrected chi connectivity index (χ0v) is 13.4. The highest BCUT2D eigenvalue weighted by molar-refractivity contribution is 6.36. The first-order valence-electron chi connectivity index (χ1n) is 6.51. The lowest BCUT2D eigenvalue weighted by atomic mass is 10.2. The van der Waals surface area contributed by atoms with Gasteiger partial charge in [0.1, 0.15) is 5.75 Å². The predicted molar refractivity (Wildman–Crippen MR) is 88.9 cm³/mol. The smallest absolute Gasteiger partial charge is 0.277 e. The molecule has 2 rings (SSSR count). The highest BCUT2D eigenvalue weighted by atomic mass is 35.5. The summed E-state index contributed by atoms with van der Waals surface area (Å²) in [7, 11) is 0. The van der Waals surface area contributed by atoms with Crippen molar-refractivity contribution in [2.45, 2.75) is 6.92 Å². The first-order chi connectivity index (χ1) is 10.5. The number of halogens is 2. The van der Waals surface area contributed by atoms with Gasteiger partial charge in [-0.2, -0.15) is 5.10 Å². The molecule has 0 saturated heterocycles.